The zero-order valence-electron chi connectivity index (χ0n) is 14.8. The van der Waals surface area contributed by atoms with Crippen LogP contribution in [0, 0.1) is 0 Å². The van der Waals surface area contributed by atoms with Crippen LogP contribution in [0.25, 0.3) is 0 Å². The minimum atomic E-state index is -3.55. The second kappa shape index (κ2) is 8.27. The molecule has 0 fully saturated rings. The first-order valence-corrected chi connectivity index (χ1v) is 9.86. The predicted molar refractivity (Wildman–Crippen MR) is 100 cm³/mol. The Labute approximate surface area is 149 Å². The smallest absolute Gasteiger partial charge is 0.255 e. The standard InChI is InChI=1S/C19H24N2O3S/c1-4-15-10-12-16(13-11-15)19(22)20-17-8-7-9-18(14-17)25(23,24)21(5-2)6-3/h7-14H,4-6H2,1-3H3,(H,20,22). The number of sulfonamides is 1. The van der Waals surface area contributed by atoms with Crippen molar-refractivity contribution in [1.29, 1.82) is 0 Å². The Morgan fingerprint density at radius 2 is 1.64 bits per heavy atom. The van der Waals surface area contributed by atoms with Crippen LogP contribution in [-0.4, -0.2) is 31.7 Å². The van der Waals surface area contributed by atoms with Crippen molar-refractivity contribution >= 4 is 21.6 Å². The molecule has 0 saturated heterocycles. The molecule has 1 amide bonds. The Balaban J connectivity index is 2.22. The van der Waals surface area contributed by atoms with Gasteiger partial charge in [0.25, 0.3) is 5.91 Å². The summed E-state index contributed by atoms with van der Waals surface area (Å²) in [7, 11) is -3.55. The van der Waals surface area contributed by atoms with Crippen LogP contribution in [0.2, 0.25) is 0 Å². The van der Waals surface area contributed by atoms with Crippen molar-refractivity contribution in [3.8, 4) is 0 Å². The van der Waals surface area contributed by atoms with Gasteiger partial charge in [0.2, 0.25) is 10.0 Å². The molecule has 0 aliphatic rings. The summed E-state index contributed by atoms with van der Waals surface area (Å²) >= 11 is 0. The van der Waals surface area contributed by atoms with E-state index in [1.54, 1.807) is 44.2 Å². The largest absolute Gasteiger partial charge is 0.322 e. The Morgan fingerprint density at radius 1 is 1.00 bits per heavy atom. The maximum absolute atomic E-state index is 12.6. The molecule has 25 heavy (non-hydrogen) atoms. The third kappa shape index (κ3) is 4.46. The molecule has 0 aliphatic carbocycles. The van der Waals surface area contributed by atoms with Gasteiger partial charge in [-0.25, -0.2) is 8.42 Å². The van der Waals surface area contributed by atoms with Gasteiger partial charge < -0.3 is 5.32 Å². The number of rotatable bonds is 7. The van der Waals surface area contributed by atoms with Gasteiger partial charge in [0.15, 0.2) is 0 Å². The van der Waals surface area contributed by atoms with E-state index in [0.29, 0.717) is 24.3 Å². The van der Waals surface area contributed by atoms with E-state index >= 15 is 0 Å². The summed E-state index contributed by atoms with van der Waals surface area (Å²) < 4.78 is 26.6. The van der Waals surface area contributed by atoms with E-state index in [9.17, 15) is 13.2 Å². The van der Waals surface area contributed by atoms with Gasteiger partial charge in [-0.3, -0.25) is 4.79 Å². The van der Waals surface area contributed by atoms with Crippen molar-refractivity contribution < 1.29 is 13.2 Å². The lowest BCUT2D eigenvalue weighted by molar-refractivity contribution is 0.102. The molecular weight excluding hydrogens is 336 g/mol. The summed E-state index contributed by atoms with van der Waals surface area (Å²) in [4.78, 5) is 12.5. The number of hydrogen-bond donors (Lipinski definition) is 1. The van der Waals surface area contributed by atoms with Crippen LogP contribution in [-0.2, 0) is 16.4 Å². The van der Waals surface area contributed by atoms with Gasteiger partial charge in [0.05, 0.1) is 4.90 Å². The summed E-state index contributed by atoms with van der Waals surface area (Å²) in [5.41, 5.74) is 2.15. The zero-order chi connectivity index (χ0) is 18.4. The SMILES string of the molecule is CCc1ccc(C(=O)Nc2cccc(S(=O)(=O)N(CC)CC)c2)cc1. The zero-order valence-corrected chi connectivity index (χ0v) is 15.6. The molecule has 5 nitrogen and oxygen atoms in total. The lowest BCUT2D eigenvalue weighted by atomic mass is 10.1. The summed E-state index contributed by atoms with van der Waals surface area (Å²) in [6.45, 7) is 6.45. The first kappa shape index (κ1) is 19.1. The van der Waals surface area contributed by atoms with Gasteiger partial charge in [0, 0.05) is 24.3 Å². The average Bonchev–Trinajstić information content (AvgIpc) is 2.62. The molecule has 2 aromatic rings. The molecular formula is C19H24N2O3S. The molecule has 134 valence electrons. The molecule has 2 aromatic carbocycles. The normalized spacial score (nSPS) is 11.5. The number of aryl methyl sites for hydroxylation is 1. The molecule has 0 bridgehead atoms. The molecule has 2 rings (SSSR count). The molecule has 6 heteroatoms. The lowest BCUT2D eigenvalue weighted by Gasteiger charge is -2.18. The summed E-state index contributed by atoms with van der Waals surface area (Å²) in [6.07, 6.45) is 0.910. The van der Waals surface area contributed by atoms with E-state index in [-0.39, 0.29) is 10.8 Å². The number of amides is 1. The first-order chi connectivity index (χ1) is 11.9. The van der Waals surface area contributed by atoms with Crippen LogP contribution in [0.4, 0.5) is 5.69 Å². The molecule has 0 aliphatic heterocycles. The monoisotopic (exact) mass is 360 g/mol. The van der Waals surface area contributed by atoms with Crippen molar-refractivity contribution in [3.63, 3.8) is 0 Å². The molecule has 0 unspecified atom stereocenters. The number of nitrogens with zero attached hydrogens (tertiary/aromatic N) is 1. The third-order valence-corrected chi connectivity index (χ3v) is 6.11. The van der Waals surface area contributed by atoms with E-state index < -0.39 is 10.0 Å². The Kier molecular flexibility index (Phi) is 6.33. The highest BCUT2D eigenvalue weighted by Crippen LogP contribution is 2.20. The van der Waals surface area contributed by atoms with E-state index in [0.717, 1.165) is 12.0 Å². The number of hydrogen-bond acceptors (Lipinski definition) is 3. The Morgan fingerprint density at radius 3 is 2.20 bits per heavy atom. The van der Waals surface area contributed by atoms with Crippen LogP contribution >= 0.6 is 0 Å². The number of carbonyl (C=O) groups excluding carboxylic acids is 1. The fraction of sp³-hybridized carbons (Fsp3) is 0.316. The van der Waals surface area contributed by atoms with Gasteiger partial charge >= 0.3 is 0 Å². The van der Waals surface area contributed by atoms with E-state index in [1.807, 2.05) is 12.1 Å². The Hall–Kier alpha value is -2.18. The van der Waals surface area contributed by atoms with E-state index in [2.05, 4.69) is 12.2 Å². The van der Waals surface area contributed by atoms with Gasteiger partial charge in [-0.1, -0.05) is 39.0 Å². The van der Waals surface area contributed by atoms with Crippen LogP contribution in [0.5, 0.6) is 0 Å². The van der Waals surface area contributed by atoms with Gasteiger partial charge in [-0.2, -0.15) is 4.31 Å². The van der Waals surface area contributed by atoms with Crippen LogP contribution in [0.1, 0.15) is 36.7 Å². The maximum Gasteiger partial charge on any atom is 0.255 e. The Bertz CT molecular complexity index is 826. The second-order valence-corrected chi connectivity index (χ2v) is 7.56. The fourth-order valence-corrected chi connectivity index (χ4v) is 4.05. The second-order valence-electron chi connectivity index (χ2n) is 5.62. The van der Waals surface area contributed by atoms with Crippen molar-refractivity contribution in [2.75, 3.05) is 18.4 Å². The number of benzene rings is 2. The highest BCUT2D eigenvalue weighted by Gasteiger charge is 2.21. The van der Waals surface area contributed by atoms with Gasteiger partial charge in [0.1, 0.15) is 0 Å². The molecule has 0 radical (unpaired) electrons. The molecule has 0 heterocycles. The topological polar surface area (TPSA) is 66.5 Å². The van der Waals surface area contributed by atoms with Gasteiger partial charge in [-0.05, 0) is 42.3 Å². The number of anilines is 1. The quantitative estimate of drug-likeness (QED) is 0.821. The van der Waals surface area contributed by atoms with Crippen molar-refractivity contribution in [2.45, 2.75) is 32.1 Å². The lowest BCUT2D eigenvalue weighted by Crippen LogP contribution is -2.30. The van der Waals surface area contributed by atoms with Crippen LogP contribution in [0.15, 0.2) is 53.4 Å². The fourth-order valence-electron chi connectivity index (χ4n) is 2.54. The summed E-state index contributed by atoms with van der Waals surface area (Å²) in [6, 6.07) is 13.7. The molecule has 0 atom stereocenters. The van der Waals surface area contributed by atoms with E-state index in [4.69, 9.17) is 0 Å². The molecule has 0 aromatic heterocycles. The summed E-state index contributed by atoms with van der Waals surface area (Å²) in [5.74, 6) is -0.264. The molecule has 0 spiro atoms. The minimum Gasteiger partial charge on any atom is -0.322 e. The van der Waals surface area contributed by atoms with Crippen LogP contribution < -0.4 is 5.32 Å². The maximum atomic E-state index is 12.6. The molecule has 1 N–H and O–H groups in total. The third-order valence-electron chi connectivity index (χ3n) is 4.06. The van der Waals surface area contributed by atoms with Crippen molar-refractivity contribution in [2.24, 2.45) is 0 Å². The van der Waals surface area contributed by atoms with Crippen molar-refractivity contribution in [3.05, 3.63) is 59.7 Å². The molecule has 0 saturated carbocycles. The van der Waals surface area contributed by atoms with Gasteiger partial charge in [-0.15, -0.1) is 0 Å². The summed E-state index contributed by atoms with van der Waals surface area (Å²) in [5, 5.41) is 2.76. The van der Waals surface area contributed by atoms with Crippen molar-refractivity contribution in [1.82, 2.24) is 4.31 Å². The highest BCUT2D eigenvalue weighted by molar-refractivity contribution is 7.89. The minimum absolute atomic E-state index is 0.176. The highest BCUT2D eigenvalue weighted by atomic mass is 32.2. The predicted octanol–water partition coefficient (Wildman–Crippen LogP) is 3.53. The average molecular weight is 360 g/mol. The van der Waals surface area contributed by atoms with Crippen LogP contribution in [0.3, 0.4) is 0 Å². The number of carbonyl (C=O) groups is 1. The first-order valence-electron chi connectivity index (χ1n) is 8.42. The number of nitrogens with one attached hydrogen (secondary N) is 1. The van der Waals surface area contributed by atoms with E-state index in [1.165, 1.54) is 10.4 Å².